The molecule has 1 aromatic rings. The minimum Gasteiger partial charge on any atom is -0.497 e. The summed E-state index contributed by atoms with van der Waals surface area (Å²) in [6.45, 7) is 6.63. The van der Waals surface area contributed by atoms with Crippen LogP contribution in [-0.4, -0.2) is 37.7 Å². The molecule has 1 fully saturated rings. The van der Waals surface area contributed by atoms with Gasteiger partial charge in [0.1, 0.15) is 5.75 Å². The average Bonchev–Trinajstić information content (AvgIpc) is 2.94. The molecule has 1 heterocycles. The second-order valence-corrected chi connectivity index (χ2v) is 5.93. The number of ether oxygens (including phenoxy) is 1. The van der Waals surface area contributed by atoms with Gasteiger partial charge in [0.15, 0.2) is 0 Å². The van der Waals surface area contributed by atoms with E-state index in [-0.39, 0.29) is 12.4 Å². The lowest BCUT2D eigenvalue weighted by Crippen LogP contribution is -2.37. The van der Waals surface area contributed by atoms with E-state index in [9.17, 15) is 0 Å². The van der Waals surface area contributed by atoms with Crippen LogP contribution in [0.15, 0.2) is 22.7 Å². The molecule has 5 heteroatoms. The molecule has 2 rings (SSSR count). The first-order valence-electron chi connectivity index (χ1n) is 7.01. The van der Waals surface area contributed by atoms with Crippen LogP contribution in [0.2, 0.25) is 0 Å². The Balaban J connectivity index is 0.00000200. The summed E-state index contributed by atoms with van der Waals surface area (Å²) < 4.78 is 6.49. The van der Waals surface area contributed by atoms with Crippen LogP contribution in [0.4, 0.5) is 0 Å². The number of benzene rings is 1. The summed E-state index contributed by atoms with van der Waals surface area (Å²) in [7, 11) is 1.72. The Bertz CT molecular complexity index is 411. The zero-order chi connectivity index (χ0) is 13.7. The number of hydrogen-bond acceptors (Lipinski definition) is 3. The van der Waals surface area contributed by atoms with E-state index >= 15 is 0 Å². The molecule has 20 heavy (non-hydrogen) atoms. The van der Waals surface area contributed by atoms with E-state index in [1.54, 1.807) is 7.11 Å². The summed E-state index contributed by atoms with van der Waals surface area (Å²) in [5, 5.41) is 3.46. The van der Waals surface area contributed by atoms with Crippen LogP contribution in [0, 0.1) is 0 Å². The topological polar surface area (TPSA) is 24.5 Å². The fraction of sp³-hybridized carbons (Fsp3) is 0.600. The number of methoxy groups -OCH3 is 1. The molecule has 0 aliphatic carbocycles. The maximum Gasteiger partial charge on any atom is 0.119 e. The van der Waals surface area contributed by atoms with Gasteiger partial charge in [-0.1, -0.05) is 22.9 Å². The van der Waals surface area contributed by atoms with Crippen molar-refractivity contribution < 1.29 is 4.74 Å². The van der Waals surface area contributed by atoms with Crippen molar-refractivity contribution in [1.82, 2.24) is 10.2 Å². The van der Waals surface area contributed by atoms with E-state index in [0.29, 0.717) is 6.04 Å². The lowest BCUT2D eigenvalue weighted by Gasteiger charge is -2.28. The Morgan fingerprint density at radius 3 is 2.85 bits per heavy atom. The number of nitrogens with zero attached hydrogens (tertiary/aromatic N) is 1. The molecule has 1 aliphatic heterocycles. The number of nitrogens with one attached hydrogen (secondary N) is 1. The van der Waals surface area contributed by atoms with Gasteiger partial charge in [-0.05, 0) is 49.7 Å². The van der Waals surface area contributed by atoms with Gasteiger partial charge >= 0.3 is 0 Å². The van der Waals surface area contributed by atoms with Gasteiger partial charge < -0.3 is 10.1 Å². The second kappa shape index (κ2) is 8.88. The predicted molar refractivity (Wildman–Crippen MR) is 89.9 cm³/mol. The minimum absolute atomic E-state index is 0. The van der Waals surface area contributed by atoms with E-state index in [1.807, 2.05) is 6.07 Å². The Labute approximate surface area is 136 Å². The highest BCUT2D eigenvalue weighted by molar-refractivity contribution is 9.10. The van der Waals surface area contributed by atoms with Gasteiger partial charge in [0, 0.05) is 23.6 Å². The van der Waals surface area contributed by atoms with Crippen molar-refractivity contribution >= 4 is 28.3 Å². The first-order chi connectivity index (χ1) is 9.24. The molecule has 0 bridgehead atoms. The fourth-order valence-corrected chi connectivity index (χ4v) is 3.02. The van der Waals surface area contributed by atoms with Crippen LogP contribution < -0.4 is 10.1 Å². The summed E-state index contributed by atoms with van der Waals surface area (Å²) in [4.78, 5) is 2.58. The Morgan fingerprint density at radius 1 is 1.45 bits per heavy atom. The third-order valence-corrected chi connectivity index (χ3v) is 4.46. The summed E-state index contributed by atoms with van der Waals surface area (Å²) in [6.07, 6.45) is 2.44. The number of halogens is 2. The van der Waals surface area contributed by atoms with Crippen LogP contribution >= 0.6 is 28.3 Å². The minimum atomic E-state index is 0. The van der Waals surface area contributed by atoms with E-state index in [0.717, 1.165) is 31.9 Å². The molecular formula is C15H24BrClN2O. The second-order valence-electron chi connectivity index (χ2n) is 5.07. The Kier molecular flexibility index (Phi) is 7.88. The Morgan fingerprint density at radius 2 is 2.25 bits per heavy atom. The van der Waals surface area contributed by atoms with Crippen molar-refractivity contribution in [2.75, 3.05) is 26.7 Å². The van der Waals surface area contributed by atoms with Crippen molar-refractivity contribution in [3.63, 3.8) is 0 Å². The first-order valence-corrected chi connectivity index (χ1v) is 7.81. The highest BCUT2D eigenvalue weighted by Crippen LogP contribution is 2.25. The summed E-state index contributed by atoms with van der Waals surface area (Å²) in [5.41, 5.74) is 1.31. The predicted octanol–water partition coefficient (Wildman–Crippen LogP) is 3.45. The maximum atomic E-state index is 5.33. The maximum absolute atomic E-state index is 5.33. The van der Waals surface area contributed by atoms with Crippen molar-refractivity contribution in [2.45, 2.75) is 32.4 Å². The third-order valence-electron chi connectivity index (χ3n) is 3.69. The van der Waals surface area contributed by atoms with Crippen molar-refractivity contribution in [3.8, 4) is 5.75 Å². The molecule has 0 amide bonds. The molecule has 1 aromatic carbocycles. The SMILES string of the molecule is CCCN(Cc1cc(OC)ccc1Br)C1CCNC1.Cl. The van der Waals surface area contributed by atoms with E-state index < -0.39 is 0 Å². The Hall–Kier alpha value is -0.290. The zero-order valence-electron chi connectivity index (χ0n) is 12.2. The summed E-state index contributed by atoms with van der Waals surface area (Å²) in [6, 6.07) is 6.87. The van der Waals surface area contributed by atoms with Gasteiger partial charge in [-0.2, -0.15) is 0 Å². The average molecular weight is 364 g/mol. The van der Waals surface area contributed by atoms with Crippen LogP contribution in [0.1, 0.15) is 25.3 Å². The lowest BCUT2D eigenvalue weighted by molar-refractivity contribution is 0.199. The largest absolute Gasteiger partial charge is 0.497 e. The molecule has 1 unspecified atom stereocenters. The van der Waals surface area contributed by atoms with Gasteiger partial charge in [-0.25, -0.2) is 0 Å². The highest BCUT2D eigenvalue weighted by atomic mass is 79.9. The molecule has 0 aromatic heterocycles. The normalized spacial score (nSPS) is 18.1. The van der Waals surface area contributed by atoms with Gasteiger partial charge in [-0.15, -0.1) is 12.4 Å². The van der Waals surface area contributed by atoms with Crippen LogP contribution in [0.3, 0.4) is 0 Å². The molecule has 0 spiro atoms. The number of rotatable bonds is 6. The van der Waals surface area contributed by atoms with Gasteiger partial charge in [0.05, 0.1) is 7.11 Å². The smallest absolute Gasteiger partial charge is 0.119 e. The van der Waals surface area contributed by atoms with Crippen LogP contribution in [0.25, 0.3) is 0 Å². The molecule has 1 aliphatic rings. The van der Waals surface area contributed by atoms with Crippen LogP contribution in [-0.2, 0) is 6.54 Å². The third kappa shape index (κ3) is 4.62. The monoisotopic (exact) mass is 362 g/mol. The molecule has 0 radical (unpaired) electrons. The zero-order valence-corrected chi connectivity index (χ0v) is 14.6. The highest BCUT2D eigenvalue weighted by Gasteiger charge is 2.22. The van der Waals surface area contributed by atoms with E-state index in [1.165, 1.54) is 22.9 Å². The standard InChI is InChI=1S/C15H23BrN2O.ClH/c1-3-8-18(13-6-7-17-10-13)11-12-9-14(19-2)4-5-15(12)16;/h4-5,9,13,17H,3,6-8,10-11H2,1-2H3;1H. The van der Waals surface area contributed by atoms with Crippen molar-refractivity contribution in [1.29, 1.82) is 0 Å². The van der Waals surface area contributed by atoms with Gasteiger partial charge in [0.2, 0.25) is 0 Å². The van der Waals surface area contributed by atoms with Crippen LogP contribution in [0.5, 0.6) is 5.75 Å². The lowest BCUT2D eigenvalue weighted by atomic mass is 10.1. The molecule has 1 atom stereocenters. The fourth-order valence-electron chi connectivity index (χ4n) is 2.65. The molecule has 1 saturated heterocycles. The molecule has 114 valence electrons. The number of hydrogen-bond donors (Lipinski definition) is 1. The molecule has 3 nitrogen and oxygen atoms in total. The quantitative estimate of drug-likeness (QED) is 0.838. The van der Waals surface area contributed by atoms with Gasteiger partial charge in [0.25, 0.3) is 0 Å². The van der Waals surface area contributed by atoms with E-state index in [4.69, 9.17) is 4.74 Å². The summed E-state index contributed by atoms with van der Waals surface area (Å²) in [5.74, 6) is 0.930. The van der Waals surface area contributed by atoms with E-state index in [2.05, 4.69) is 45.2 Å². The first kappa shape index (κ1) is 17.8. The van der Waals surface area contributed by atoms with Gasteiger partial charge in [-0.3, -0.25) is 4.90 Å². The van der Waals surface area contributed by atoms with Crippen molar-refractivity contribution in [3.05, 3.63) is 28.2 Å². The molecule has 0 saturated carbocycles. The molecular weight excluding hydrogens is 340 g/mol. The van der Waals surface area contributed by atoms with Crippen molar-refractivity contribution in [2.24, 2.45) is 0 Å². The summed E-state index contributed by atoms with van der Waals surface area (Å²) >= 11 is 3.65. The molecule has 1 N–H and O–H groups in total.